The summed E-state index contributed by atoms with van der Waals surface area (Å²) >= 11 is 6.38. The number of halogens is 2. The smallest absolute Gasteiger partial charge is 0.177 e. The fraction of sp³-hybridized carbons (Fsp3) is 0.455. The van der Waals surface area contributed by atoms with Crippen LogP contribution in [-0.2, 0) is 9.84 Å². The molecular formula is C22H31Cl2N3O4S. The summed E-state index contributed by atoms with van der Waals surface area (Å²) in [7, 11) is 2.62. The molecule has 0 fully saturated rings. The molecule has 1 aliphatic rings. The summed E-state index contributed by atoms with van der Waals surface area (Å²) in [5, 5.41) is 0.596. The van der Waals surface area contributed by atoms with Gasteiger partial charge in [0.15, 0.2) is 21.3 Å². The molecule has 0 radical (unpaired) electrons. The zero-order valence-electron chi connectivity index (χ0n) is 19.0. The van der Waals surface area contributed by atoms with Crippen LogP contribution >= 0.6 is 24.0 Å². The average molecular weight is 504 g/mol. The minimum absolute atomic E-state index is 0. The number of sulfone groups is 1. The van der Waals surface area contributed by atoms with Crippen molar-refractivity contribution in [2.75, 3.05) is 57.8 Å². The van der Waals surface area contributed by atoms with Gasteiger partial charge in [0.05, 0.1) is 10.6 Å². The van der Waals surface area contributed by atoms with E-state index in [1.54, 1.807) is 24.3 Å². The average Bonchev–Trinajstić information content (AvgIpc) is 2.69. The van der Waals surface area contributed by atoms with E-state index >= 15 is 0 Å². The van der Waals surface area contributed by atoms with Gasteiger partial charge in [0.1, 0.15) is 13.2 Å². The quantitative estimate of drug-likeness (QED) is 0.576. The third kappa shape index (κ3) is 5.73. The second-order valence-electron chi connectivity index (χ2n) is 8.24. The first kappa shape index (κ1) is 26.4. The number of nitrogen functional groups attached to an aromatic ring is 1. The number of anilines is 2. The highest BCUT2D eigenvalue weighted by molar-refractivity contribution is 7.90. The summed E-state index contributed by atoms with van der Waals surface area (Å²) in [5.74, 6) is 1.42. The first-order valence-corrected chi connectivity index (χ1v) is 12.3. The zero-order chi connectivity index (χ0) is 22.9. The van der Waals surface area contributed by atoms with Crippen LogP contribution in [0.25, 0.3) is 0 Å². The van der Waals surface area contributed by atoms with Crippen LogP contribution in [0.2, 0.25) is 5.02 Å². The third-order valence-corrected chi connectivity index (χ3v) is 6.94. The van der Waals surface area contributed by atoms with Gasteiger partial charge in [-0.3, -0.25) is 0 Å². The van der Waals surface area contributed by atoms with Crippen molar-refractivity contribution in [2.45, 2.75) is 23.8 Å². The second kappa shape index (κ2) is 10.4. The van der Waals surface area contributed by atoms with Crippen LogP contribution in [0, 0.1) is 0 Å². The highest BCUT2D eigenvalue weighted by Crippen LogP contribution is 2.42. The van der Waals surface area contributed by atoms with Gasteiger partial charge in [-0.15, -0.1) is 12.4 Å². The maximum atomic E-state index is 11.9. The molecule has 1 heterocycles. The summed E-state index contributed by atoms with van der Waals surface area (Å²) in [6, 6.07) is 8.78. The summed E-state index contributed by atoms with van der Waals surface area (Å²) in [6.07, 6.45) is 1.16. The third-order valence-electron chi connectivity index (χ3n) is 5.55. The Morgan fingerprint density at radius 1 is 1.12 bits per heavy atom. The highest BCUT2D eigenvalue weighted by atomic mass is 35.5. The zero-order valence-corrected chi connectivity index (χ0v) is 21.4. The number of ether oxygens (including phenoxy) is 2. The fourth-order valence-electron chi connectivity index (χ4n) is 3.97. The van der Waals surface area contributed by atoms with Crippen molar-refractivity contribution >= 4 is 45.2 Å². The first-order chi connectivity index (χ1) is 14.5. The maximum Gasteiger partial charge on any atom is 0.177 e. The molecule has 2 aromatic carbocycles. The van der Waals surface area contributed by atoms with Gasteiger partial charge >= 0.3 is 0 Å². The van der Waals surface area contributed by atoms with Crippen molar-refractivity contribution in [1.82, 2.24) is 4.90 Å². The summed E-state index contributed by atoms with van der Waals surface area (Å²) in [5.41, 5.74) is 8.11. The number of benzene rings is 2. The SMILES string of the molecule is CC(c1cc(Cl)cc2c1OCCO2)C(CN(C)C)N(C)c1ccc(S(C)(=O)=O)c(N)c1.Cl. The van der Waals surface area contributed by atoms with Gasteiger partial charge in [0.25, 0.3) is 0 Å². The Morgan fingerprint density at radius 2 is 1.78 bits per heavy atom. The van der Waals surface area contributed by atoms with Gasteiger partial charge < -0.3 is 25.0 Å². The van der Waals surface area contributed by atoms with Gasteiger partial charge in [0, 0.05) is 54.1 Å². The van der Waals surface area contributed by atoms with Crippen molar-refractivity contribution < 1.29 is 17.9 Å². The Balaban J connectivity index is 0.00000363. The molecule has 3 rings (SSSR count). The van der Waals surface area contributed by atoms with Crippen molar-refractivity contribution in [3.63, 3.8) is 0 Å². The number of rotatable bonds is 7. The minimum atomic E-state index is -3.39. The predicted molar refractivity (Wildman–Crippen MR) is 133 cm³/mol. The van der Waals surface area contributed by atoms with E-state index < -0.39 is 9.84 Å². The molecule has 0 aliphatic carbocycles. The van der Waals surface area contributed by atoms with E-state index in [-0.39, 0.29) is 34.9 Å². The molecule has 2 aromatic rings. The normalized spacial score (nSPS) is 15.1. The minimum Gasteiger partial charge on any atom is -0.486 e. The van der Waals surface area contributed by atoms with E-state index in [2.05, 4.69) is 16.7 Å². The number of nitrogens with two attached hydrogens (primary N) is 1. The molecular weight excluding hydrogens is 473 g/mol. The number of nitrogens with zero attached hydrogens (tertiary/aromatic N) is 2. The van der Waals surface area contributed by atoms with Crippen LogP contribution in [0.15, 0.2) is 35.2 Å². The van der Waals surface area contributed by atoms with Crippen molar-refractivity contribution in [2.24, 2.45) is 0 Å². The molecule has 32 heavy (non-hydrogen) atoms. The van der Waals surface area contributed by atoms with E-state index in [0.717, 1.165) is 29.8 Å². The lowest BCUT2D eigenvalue weighted by Crippen LogP contribution is -2.43. The summed E-state index contributed by atoms with van der Waals surface area (Å²) < 4.78 is 35.6. The molecule has 0 saturated heterocycles. The summed E-state index contributed by atoms with van der Waals surface area (Å²) in [6.45, 7) is 3.86. The molecule has 7 nitrogen and oxygen atoms in total. The number of hydrogen-bond acceptors (Lipinski definition) is 7. The molecule has 2 atom stereocenters. The van der Waals surface area contributed by atoms with E-state index in [9.17, 15) is 8.42 Å². The van der Waals surface area contributed by atoms with E-state index in [1.165, 1.54) is 0 Å². The largest absolute Gasteiger partial charge is 0.486 e. The van der Waals surface area contributed by atoms with Crippen LogP contribution in [0.3, 0.4) is 0 Å². The molecule has 0 aromatic heterocycles. The van der Waals surface area contributed by atoms with E-state index in [4.69, 9.17) is 26.8 Å². The number of fused-ring (bicyclic) bond motifs is 1. The molecule has 2 N–H and O–H groups in total. The van der Waals surface area contributed by atoms with Gasteiger partial charge in [-0.2, -0.15) is 0 Å². The molecule has 2 unspecified atom stereocenters. The van der Waals surface area contributed by atoms with Crippen LogP contribution in [-0.4, -0.2) is 66.5 Å². The fourth-order valence-corrected chi connectivity index (χ4v) is 4.98. The maximum absolute atomic E-state index is 11.9. The van der Waals surface area contributed by atoms with Gasteiger partial charge in [-0.1, -0.05) is 18.5 Å². The topological polar surface area (TPSA) is 85.1 Å². The lowest BCUT2D eigenvalue weighted by Gasteiger charge is -2.37. The number of hydrogen-bond donors (Lipinski definition) is 1. The van der Waals surface area contributed by atoms with Crippen molar-refractivity contribution in [3.05, 3.63) is 40.9 Å². The Hall–Kier alpha value is -1.87. The Morgan fingerprint density at radius 3 is 2.38 bits per heavy atom. The Bertz CT molecular complexity index is 1060. The van der Waals surface area contributed by atoms with E-state index in [0.29, 0.717) is 24.0 Å². The monoisotopic (exact) mass is 503 g/mol. The molecule has 0 bridgehead atoms. The molecule has 10 heteroatoms. The molecule has 0 saturated carbocycles. The Labute approximate surface area is 201 Å². The number of likely N-dealkylation sites (N-methyl/N-ethyl adjacent to an activating group) is 2. The van der Waals surface area contributed by atoms with Crippen LogP contribution in [0.1, 0.15) is 18.4 Å². The molecule has 0 spiro atoms. The van der Waals surface area contributed by atoms with Gasteiger partial charge in [-0.25, -0.2) is 8.42 Å². The second-order valence-corrected chi connectivity index (χ2v) is 10.7. The van der Waals surface area contributed by atoms with Crippen molar-refractivity contribution in [1.29, 1.82) is 0 Å². The van der Waals surface area contributed by atoms with Crippen molar-refractivity contribution in [3.8, 4) is 11.5 Å². The molecule has 1 aliphatic heterocycles. The first-order valence-electron chi connectivity index (χ1n) is 10.0. The van der Waals surface area contributed by atoms with Crippen LogP contribution < -0.4 is 20.1 Å². The lowest BCUT2D eigenvalue weighted by molar-refractivity contribution is 0.168. The standard InChI is InChI=1S/C22H30ClN3O4S.ClH/c1-14(17-10-15(23)11-20-22(17)30-9-8-29-20)19(13-25(2)3)26(4)16-6-7-21(18(24)12-16)31(5,27)28;/h6-7,10-12,14,19H,8-9,13,24H2,1-5H3;1H. The lowest BCUT2D eigenvalue weighted by atomic mass is 9.90. The molecule has 0 amide bonds. The molecule has 178 valence electrons. The Kier molecular flexibility index (Phi) is 8.56. The summed E-state index contributed by atoms with van der Waals surface area (Å²) in [4.78, 5) is 4.36. The van der Waals surface area contributed by atoms with Crippen LogP contribution in [0.5, 0.6) is 11.5 Å². The van der Waals surface area contributed by atoms with E-state index in [1.807, 2.05) is 27.2 Å². The van der Waals surface area contributed by atoms with Crippen LogP contribution in [0.4, 0.5) is 11.4 Å². The van der Waals surface area contributed by atoms with Gasteiger partial charge in [-0.05, 0) is 38.4 Å². The predicted octanol–water partition coefficient (Wildman–Crippen LogP) is 3.69. The van der Waals surface area contributed by atoms with Gasteiger partial charge in [0.2, 0.25) is 0 Å². The highest BCUT2D eigenvalue weighted by Gasteiger charge is 2.30.